The third-order valence-electron chi connectivity index (χ3n) is 5.56. The lowest BCUT2D eigenvalue weighted by Crippen LogP contribution is -2.06. The molecule has 1 aliphatic heterocycles. The highest BCUT2D eigenvalue weighted by molar-refractivity contribution is 6.27. The molecule has 2 heteroatoms. The minimum atomic E-state index is 0.00849. The van der Waals surface area contributed by atoms with Crippen molar-refractivity contribution in [3.8, 4) is 0 Å². The molecule has 0 spiro atoms. The van der Waals surface area contributed by atoms with E-state index in [2.05, 4.69) is 122 Å². The first-order chi connectivity index (χ1) is 16.8. The molecule has 172 valence electrons. The van der Waals surface area contributed by atoms with Crippen LogP contribution in [0.5, 0.6) is 0 Å². The molecule has 0 saturated carbocycles. The van der Waals surface area contributed by atoms with Crippen LogP contribution in [0.4, 0.5) is 0 Å². The summed E-state index contributed by atoms with van der Waals surface area (Å²) in [6, 6.07) is 26.5. The monoisotopic (exact) mass is 462 g/mol. The average molecular weight is 463 g/mol. The maximum Gasteiger partial charge on any atom is 0.161 e. The van der Waals surface area contributed by atoms with E-state index in [-0.39, 0.29) is 9.76 Å². The van der Waals surface area contributed by atoms with Gasteiger partial charge >= 0.3 is 0 Å². The van der Waals surface area contributed by atoms with Gasteiger partial charge in [0.2, 0.25) is 0 Å². The van der Waals surface area contributed by atoms with Gasteiger partial charge in [-0.05, 0) is 45.8 Å². The number of hydrogen-bond acceptors (Lipinski definition) is 1. The lowest BCUT2D eigenvalue weighted by Gasteiger charge is -2.07. The van der Waals surface area contributed by atoms with E-state index >= 15 is 0 Å². The Labute approximate surface area is 207 Å². The summed E-state index contributed by atoms with van der Waals surface area (Å²) in [7, 11) is 0.00849. The van der Waals surface area contributed by atoms with Gasteiger partial charge in [0.15, 0.2) is 9.76 Å². The smallest absolute Gasteiger partial charge is 0.161 e. The Morgan fingerprint density at radius 3 is 0.941 bits per heavy atom. The Bertz CT molecular complexity index is 929. The number of hydrogen-bond donors (Lipinski definition) is 0. The van der Waals surface area contributed by atoms with Crippen molar-refractivity contribution in [2.75, 3.05) is 6.61 Å². The highest BCUT2D eigenvalue weighted by atomic mass is 28.2. The highest BCUT2D eigenvalue weighted by Crippen LogP contribution is 2.22. The third-order valence-corrected chi connectivity index (χ3v) is 6.93. The summed E-state index contributed by atoms with van der Waals surface area (Å²) in [5, 5.41) is 0. The molecule has 1 fully saturated rings. The fraction of sp³-hybridized carbons (Fsp3) is 0.125. The Morgan fingerprint density at radius 2 is 0.853 bits per heavy atom. The van der Waals surface area contributed by atoms with Crippen molar-refractivity contribution in [3.63, 3.8) is 0 Å². The quantitative estimate of drug-likeness (QED) is 0.177. The summed E-state index contributed by atoms with van der Waals surface area (Å²) < 4.78 is 5.21. The molecule has 4 aliphatic rings. The van der Waals surface area contributed by atoms with Gasteiger partial charge in [-0.1, -0.05) is 141 Å². The van der Waals surface area contributed by atoms with Gasteiger partial charge in [0.25, 0.3) is 0 Å². The molecule has 3 aromatic carbocycles. The minimum absolute atomic E-state index is 0.00849. The van der Waals surface area contributed by atoms with Crippen molar-refractivity contribution in [2.45, 2.75) is 18.9 Å². The van der Waals surface area contributed by atoms with Crippen molar-refractivity contribution in [2.24, 2.45) is 0 Å². The van der Waals surface area contributed by atoms with Crippen LogP contribution in [-0.4, -0.2) is 16.4 Å². The fourth-order valence-corrected chi connectivity index (χ4v) is 4.55. The van der Waals surface area contributed by atoms with E-state index in [1.807, 2.05) is 0 Å². The van der Waals surface area contributed by atoms with E-state index < -0.39 is 0 Å². The van der Waals surface area contributed by atoms with Gasteiger partial charge in [-0.15, -0.1) is 0 Å². The molecule has 0 bridgehead atoms. The van der Waals surface area contributed by atoms with Gasteiger partial charge in [0.1, 0.15) is 0 Å². The van der Waals surface area contributed by atoms with Crippen LogP contribution in [0.2, 0.25) is 6.04 Å². The van der Waals surface area contributed by atoms with E-state index in [1.54, 1.807) is 12.2 Å². The molecule has 0 radical (unpaired) electrons. The molecule has 34 heavy (non-hydrogen) atoms. The first-order valence-electron chi connectivity index (χ1n) is 11.9. The molecular weight excluding hydrogens is 428 g/mol. The molecular formula is C32H34OSi. The highest BCUT2D eigenvalue weighted by Gasteiger charge is 2.01. The molecule has 3 aliphatic carbocycles. The normalized spacial score (nSPS) is 14.4. The molecule has 1 heterocycles. The van der Waals surface area contributed by atoms with Gasteiger partial charge in [0.05, 0.1) is 0 Å². The molecule has 0 aromatic heterocycles. The van der Waals surface area contributed by atoms with Crippen LogP contribution in [0.15, 0.2) is 98.1 Å². The third kappa shape index (κ3) is 8.15. The van der Waals surface area contributed by atoms with E-state index in [1.165, 1.54) is 52.3 Å². The average Bonchev–Trinajstić information content (AvgIpc) is 2.84. The van der Waals surface area contributed by atoms with E-state index in [9.17, 15) is 0 Å². The second-order valence-corrected chi connectivity index (χ2v) is 9.55. The summed E-state index contributed by atoms with van der Waals surface area (Å²) >= 11 is 0. The van der Waals surface area contributed by atoms with Gasteiger partial charge in [-0.3, -0.25) is 0 Å². The summed E-state index contributed by atoms with van der Waals surface area (Å²) in [4.78, 5) is 0. The van der Waals surface area contributed by atoms with Gasteiger partial charge < -0.3 is 4.43 Å². The second kappa shape index (κ2) is 14.6. The van der Waals surface area contributed by atoms with Crippen LogP contribution in [0.1, 0.15) is 46.2 Å². The lowest BCUT2D eigenvalue weighted by atomic mass is 9.99. The molecule has 0 amide bonds. The first-order valence-corrected chi connectivity index (χ1v) is 13.5. The number of allylic oxidation sites excluding steroid dienone is 2. The van der Waals surface area contributed by atoms with Crippen LogP contribution in [0.3, 0.4) is 0 Å². The predicted molar refractivity (Wildman–Crippen MR) is 155 cm³/mol. The SMILES string of the molecule is C1=Cc2ccccc21.C1=Cc2ccccc21.C1=Cc2ccccc21.C1CC[SiH2]OC1.C=CC=C. The first kappa shape index (κ1) is 25.2. The standard InChI is InChI=1S/3C8H6.C4H10OSi.C4H6/c3*1-2-4-8-6-5-7(8)3-1;1-2-4-6-5-3-1;1-3-4-2/h3*1-6H;1-4,6H2;3-4H,1-2H2. The number of fused-ring (bicyclic) bond motifs is 3. The predicted octanol–water partition coefficient (Wildman–Crippen LogP) is 8.17. The zero-order chi connectivity index (χ0) is 23.8. The molecule has 1 saturated heterocycles. The number of benzene rings is 3. The van der Waals surface area contributed by atoms with Crippen LogP contribution >= 0.6 is 0 Å². The van der Waals surface area contributed by atoms with Gasteiger partial charge in [-0.2, -0.15) is 0 Å². The summed E-state index contributed by atoms with van der Waals surface area (Å²) in [6.07, 6.45) is 18.7. The zero-order valence-corrected chi connectivity index (χ0v) is 21.3. The summed E-state index contributed by atoms with van der Waals surface area (Å²) in [5.41, 5.74) is 8.21. The molecule has 0 N–H and O–H groups in total. The fourth-order valence-electron chi connectivity index (χ4n) is 3.38. The van der Waals surface area contributed by atoms with Crippen LogP contribution in [0.25, 0.3) is 36.5 Å². The molecule has 0 atom stereocenters. The largest absolute Gasteiger partial charge is 0.424 e. The van der Waals surface area contributed by atoms with Crippen LogP contribution in [-0.2, 0) is 4.43 Å². The number of rotatable bonds is 1. The van der Waals surface area contributed by atoms with Crippen LogP contribution in [0, 0.1) is 0 Å². The zero-order valence-electron chi connectivity index (χ0n) is 19.9. The Morgan fingerprint density at radius 1 is 0.529 bits per heavy atom. The Balaban J connectivity index is 0.000000122. The minimum Gasteiger partial charge on any atom is -0.424 e. The second-order valence-electron chi connectivity index (χ2n) is 8.03. The maximum absolute atomic E-state index is 5.21. The molecule has 7 rings (SSSR count). The van der Waals surface area contributed by atoms with Crippen molar-refractivity contribution < 1.29 is 4.43 Å². The van der Waals surface area contributed by atoms with E-state index in [0.29, 0.717) is 0 Å². The van der Waals surface area contributed by atoms with Gasteiger partial charge in [-0.25, -0.2) is 0 Å². The van der Waals surface area contributed by atoms with E-state index in [4.69, 9.17) is 4.43 Å². The Hall–Kier alpha value is -3.46. The lowest BCUT2D eigenvalue weighted by molar-refractivity contribution is 0.304. The van der Waals surface area contributed by atoms with Gasteiger partial charge in [0, 0.05) is 6.61 Å². The Kier molecular flexibility index (Phi) is 10.8. The summed E-state index contributed by atoms with van der Waals surface area (Å²) in [6.45, 7) is 7.78. The van der Waals surface area contributed by atoms with E-state index in [0.717, 1.165) is 6.61 Å². The van der Waals surface area contributed by atoms with Crippen molar-refractivity contribution in [3.05, 3.63) is 131 Å². The molecule has 0 unspecified atom stereocenters. The van der Waals surface area contributed by atoms with Crippen molar-refractivity contribution in [1.82, 2.24) is 0 Å². The summed E-state index contributed by atoms with van der Waals surface area (Å²) in [5.74, 6) is 0. The van der Waals surface area contributed by atoms with Crippen molar-refractivity contribution >= 4 is 46.2 Å². The topological polar surface area (TPSA) is 9.23 Å². The van der Waals surface area contributed by atoms with Crippen LogP contribution < -0.4 is 0 Å². The molecule has 3 aromatic rings. The van der Waals surface area contributed by atoms with Crippen molar-refractivity contribution in [1.29, 1.82) is 0 Å². The maximum atomic E-state index is 5.21. The molecule has 1 nitrogen and oxygen atoms in total.